The van der Waals surface area contributed by atoms with E-state index in [0.29, 0.717) is 0 Å². The summed E-state index contributed by atoms with van der Waals surface area (Å²) in [6.07, 6.45) is 0. The summed E-state index contributed by atoms with van der Waals surface area (Å²) < 4.78 is 0. The summed E-state index contributed by atoms with van der Waals surface area (Å²) in [5.74, 6) is 0. The van der Waals surface area contributed by atoms with E-state index in [9.17, 15) is 5.11 Å². The maximum atomic E-state index is 9.17. The Bertz CT molecular complexity index is 542. The number of halogens is 1. The van der Waals surface area contributed by atoms with Crippen molar-refractivity contribution in [3.05, 3.63) is 45.4 Å². The van der Waals surface area contributed by atoms with Crippen LogP contribution >= 0.6 is 22.9 Å². The van der Waals surface area contributed by atoms with Crippen LogP contribution in [0.25, 0.3) is 0 Å². The van der Waals surface area contributed by atoms with Crippen LogP contribution in [-0.2, 0) is 13.2 Å². The van der Waals surface area contributed by atoms with E-state index in [-0.39, 0.29) is 6.61 Å². The Morgan fingerprint density at radius 2 is 2.22 bits per heavy atom. The fourth-order valence-corrected chi connectivity index (χ4v) is 2.79. The van der Waals surface area contributed by atoms with Gasteiger partial charge in [-0.25, -0.2) is 4.98 Å². The van der Waals surface area contributed by atoms with E-state index in [1.807, 2.05) is 38.2 Å². The maximum absolute atomic E-state index is 9.17. The molecule has 0 saturated carbocycles. The SMILES string of the molecule is Cc1nc(N(C)Cc2cccc(Cl)c2)sc1CO. The highest BCUT2D eigenvalue weighted by molar-refractivity contribution is 7.15. The van der Waals surface area contributed by atoms with Crippen molar-refractivity contribution in [1.82, 2.24) is 4.98 Å². The molecule has 0 radical (unpaired) electrons. The topological polar surface area (TPSA) is 36.4 Å². The second kappa shape index (κ2) is 5.69. The highest BCUT2D eigenvalue weighted by atomic mass is 35.5. The van der Waals surface area contributed by atoms with E-state index in [1.165, 1.54) is 11.3 Å². The van der Waals surface area contributed by atoms with Crippen molar-refractivity contribution in [2.75, 3.05) is 11.9 Å². The molecular formula is C13H15ClN2OS. The highest BCUT2D eigenvalue weighted by Crippen LogP contribution is 2.26. The predicted octanol–water partition coefficient (Wildman–Crippen LogP) is 3.23. The summed E-state index contributed by atoms with van der Waals surface area (Å²) in [5.41, 5.74) is 2.04. The largest absolute Gasteiger partial charge is 0.391 e. The Morgan fingerprint density at radius 3 is 2.83 bits per heavy atom. The summed E-state index contributed by atoms with van der Waals surface area (Å²) in [6, 6.07) is 7.79. The third-order valence-electron chi connectivity index (χ3n) is 2.66. The molecule has 1 N–H and O–H groups in total. The van der Waals surface area contributed by atoms with Gasteiger partial charge in [-0.15, -0.1) is 0 Å². The smallest absolute Gasteiger partial charge is 0.185 e. The fraction of sp³-hybridized carbons (Fsp3) is 0.308. The molecule has 0 aliphatic carbocycles. The van der Waals surface area contributed by atoms with Crippen molar-refractivity contribution in [2.24, 2.45) is 0 Å². The highest BCUT2D eigenvalue weighted by Gasteiger charge is 2.10. The van der Waals surface area contributed by atoms with Gasteiger partial charge in [0.25, 0.3) is 0 Å². The van der Waals surface area contributed by atoms with Gasteiger partial charge in [0.15, 0.2) is 5.13 Å². The number of aliphatic hydroxyl groups excluding tert-OH is 1. The van der Waals surface area contributed by atoms with Crippen molar-refractivity contribution in [1.29, 1.82) is 0 Å². The molecule has 0 aliphatic heterocycles. The number of anilines is 1. The first-order chi connectivity index (χ1) is 8.60. The van der Waals surface area contributed by atoms with Gasteiger partial charge in [0, 0.05) is 18.6 Å². The second-order valence-electron chi connectivity index (χ2n) is 4.15. The molecule has 3 nitrogen and oxygen atoms in total. The van der Waals surface area contributed by atoms with Crippen LogP contribution in [0.15, 0.2) is 24.3 Å². The summed E-state index contributed by atoms with van der Waals surface area (Å²) in [5, 5.41) is 10.8. The average molecular weight is 283 g/mol. The van der Waals surface area contributed by atoms with E-state index < -0.39 is 0 Å². The van der Waals surface area contributed by atoms with Crippen LogP contribution in [-0.4, -0.2) is 17.1 Å². The lowest BCUT2D eigenvalue weighted by molar-refractivity contribution is 0.284. The van der Waals surface area contributed by atoms with Gasteiger partial charge in [-0.3, -0.25) is 0 Å². The molecular weight excluding hydrogens is 268 g/mol. The Labute approximate surface area is 116 Å². The zero-order chi connectivity index (χ0) is 13.1. The maximum Gasteiger partial charge on any atom is 0.185 e. The minimum absolute atomic E-state index is 0.0501. The quantitative estimate of drug-likeness (QED) is 0.935. The lowest BCUT2D eigenvalue weighted by Crippen LogP contribution is -2.15. The molecule has 2 rings (SSSR count). The number of aromatic nitrogens is 1. The summed E-state index contributed by atoms with van der Waals surface area (Å²) in [6.45, 7) is 2.71. The first-order valence-corrected chi connectivity index (χ1v) is 6.82. The molecule has 0 saturated heterocycles. The zero-order valence-electron chi connectivity index (χ0n) is 10.4. The second-order valence-corrected chi connectivity index (χ2v) is 5.65. The molecule has 18 heavy (non-hydrogen) atoms. The molecule has 5 heteroatoms. The van der Waals surface area contributed by atoms with Gasteiger partial charge in [0.1, 0.15) is 0 Å². The summed E-state index contributed by atoms with van der Waals surface area (Å²) in [4.78, 5) is 7.43. The molecule has 1 aromatic heterocycles. The fourth-order valence-electron chi connectivity index (χ4n) is 1.70. The van der Waals surface area contributed by atoms with Crippen molar-refractivity contribution in [3.8, 4) is 0 Å². The minimum Gasteiger partial charge on any atom is -0.391 e. The first kappa shape index (κ1) is 13.3. The molecule has 0 fully saturated rings. The van der Waals surface area contributed by atoms with Crippen molar-refractivity contribution in [2.45, 2.75) is 20.1 Å². The Morgan fingerprint density at radius 1 is 1.44 bits per heavy atom. The van der Waals surface area contributed by atoms with E-state index in [1.54, 1.807) is 0 Å². The van der Waals surface area contributed by atoms with Crippen LogP contribution in [0.4, 0.5) is 5.13 Å². The van der Waals surface area contributed by atoms with E-state index >= 15 is 0 Å². The number of hydrogen-bond acceptors (Lipinski definition) is 4. The van der Waals surface area contributed by atoms with Crippen molar-refractivity contribution < 1.29 is 5.11 Å². The zero-order valence-corrected chi connectivity index (χ0v) is 11.9. The Kier molecular flexibility index (Phi) is 4.22. The standard InChI is InChI=1S/C13H15ClN2OS/c1-9-12(8-17)18-13(15-9)16(2)7-10-4-3-5-11(14)6-10/h3-6,17H,7-8H2,1-2H3. The van der Waals surface area contributed by atoms with Crippen LogP contribution in [0.5, 0.6) is 0 Å². The molecule has 1 heterocycles. The van der Waals surface area contributed by atoms with E-state index in [0.717, 1.165) is 32.8 Å². The molecule has 2 aromatic rings. The number of nitrogens with zero attached hydrogens (tertiary/aromatic N) is 2. The Balaban J connectivity index is 2.13. The van der Waals surface area contributed by atoms with E-state index in [4.69, 9.17) is 11.6 Å². The summed E-state index contributed by atoms with van der Waals surface area (Å²) in [7, 11) is 1.99. The molecule has 96 valence electrons. The van der Waals surface area contributed by atoms with Gasteiger partial charge in [-0.2, -0.15) is 0 Å². The molecule has 1 aromatic carbocycles. The normalized spacial score (nSPS) is 10.7. The number of aryl methyl sites for hydroxylation is 1. The van der Waals surface area contributed by atoms with Gasteiger partial charge in [0.05, 0.1) is 17.2 Å². The number of aliphatic hydroxyl groups is 1. The lowest BCUT2D eigenvalue weighted by Gasteiger charge is -2.15. The van der Waals surface area contributed by atoms with Crippen LogP contribution < -0.4 is 4.90 Å². The predicted molar refractivity (Wildman–Crippen MR) is 76.3 cm³/mol. The minimum atomic E-state index is 0.0501. The van der Waals surface area contributed by atoms with Crippen molar-refractivity contribution >= 4 is 28.1 Å². The molecule has 0 unspecified atom stereocenters. The molecule has 0 spiro atoms. The van der Waals surface area contributed by atoms with Crippen LogP contribution in [0, 0.1) is 6.92 Å². The number of rotatable bonds is 4. The first-order valence-electron chi connectivity index (χ1n) is 5.63. The van der Waals surface area contributed by atoms with Crippen LogP contribution in [0.3, 0.4) is 0 Å². The average Bonchev–Trinajstić information content (AvgIpc) is 2.70. The van der Waals surface area contributed by atoms with Gasteiger partial charge >= 0.3 is 0 Å². The van der Waals surface area contributed by atoms with E-state index in [2.05, 4.69) is 9.88 Å². The van der Waals surface area contributed by atoms with Gasteiger partial charge in [0.2, 0.25) is 0 Å². The summed E-state index contributed by atoms with van der Waals surface area (Å²) >= 11 is 7.48. The van der Waals surface area contributed by atoms with Gasteiger partial charge < -0.3 is 10.0 Å². The Hall–Kier alpha value is -1.10. The van der Waals surface area contributed by atoms with Crippen LogP contribution in [0.1, 0.15) is 16.1 Å². The molecule has 0 amide bonds. The third kappa shape index (κ3) is 3.02. The number of benzene rings is 1. The van der Waals surface area contributed by atoms with Crippen molar-refractivity contribution in [3.63, 3.8) is 0 Å². The number of thiazole rings is 1. The third-order valence-corrected chi connectivity index (χ3v) is 4.15. The monoisotopic (exact) mass is 282 g/mol. The van der Waals surface area contributed by atoms with Crippen LogP contribution in [0.2, 0.25) is 5.02 Å². The van der Waals surface area contributed by atoms with Gasteiger partial charge in [-0.05, 0) is 24.6 Å². The lowest BCUT2D eigenvalue weighted by atomic mass is 10.2. The molecule has 0 aliphatic rings. The van der Waals surface area contributed by atoms with Gasteiger partial charge in [-0.1, -0.05) is 35.1 Å². The number of hydrogen-bond donors (Lipinski definition) is 1. The molecule has 0 atom stereocenters. The molecule has 0 bridgehead atoms.